The molecule has 2 aromatic heterocycles. The van der Waals surface area contributed by atoms with E-state index in [2.05, 4.69) is 4.98 Å². The van der Waals surface area contributed by atoms with Crippen molar-refractivity contribution in [3.8, 4) is 0 Å². The van der Waals surface area contributed by atoms with Crippen LogP contribution in [0.1, 0.15) is 23.7 Å². The summed E-state index contributed by atoms with van der Waals surface area (Å²) in [4.78, 5) is 16.4. The molecule has 0 aliphatic carbocycles. The lowest BCUT2D eigenvalue weighted by atomic mass is 10.1. The van der Waals surface area contributed by atoms with E-state index in [1.54, 1.807) is 30.0 Å². The summed E-state index contributed by atoms with van der Waals surface area (Å²) in [6.45, 7) is 3.00. The standard InChI is InChI=1S/C17H21N3O3S/c1-2-24(22,23)19-10-7-15-5-6-17(21)20(16(15)8-11-19)13-14-4-3-9-18-12-14/h3-6,9,12H,2,7-8,10-11,13H2,1H3. The lowest BCUT2D eigenvalue weighted by Crippen LogP contribution is -2.34. The van der Waals surface area contributed by atoms with E-state index in [0.717, 1.165) is 16.8 Å². The summed E-state index contributed by atoms with van der Waals surface area (Å²) in [5.74, 6) is 0.103. The van der Waals surface area contributed by atoms with Gasteiger partial charge in [0, 0.05) is 43.7 Å². The number of pyridine rings is 2. The molecule has 1 aliphatic heterocycles. The van der Waals surface area contributed by atoms with Crippen molar-refractivity contribution in [1.82, 2.24) is 13.9 Å². The monoisotopic (exact) mass is 347 g/mol. The minimum Gasteiger partial charge on any atom is -0.308 e. The van der Waals surface area contributed by atoms with Gasteiger partial charge in [0.15, 0.2) is 0 Å². The summed E-state index contributed by atoms with van der Waals surface area (Å²) >= 11 is 0. The molecule has 0 saturated heterocycles. The maximum Gasteiger partial charge on any atom is 0.251 e. The second-order valence-electron chi connectivity index (χ2n) is 5.89. The summed E-state index contributed by atoms with van der Waals surface area (Å²) in [5, 5.41) is 0. The summed E-state index contributed by atoms with van der Waals surface area (Å²) in [6.07, 6.45) is 4.62. The highest BCUT2D eigenvalue weighted by molar-refractivity contribution is 7.89. The largest absolute Gasteiger partial charge is 0.308 e. The predicted molar refractivity (Wildman–Crippen MR) is 92.5 cm³/mol. The third-order valence-corrected chi connectivity index (χ3v) is 6.32. The van der Waals surface area contributed by atoms with E-state index in [9.17, 15) is 13.2 Å². The van der Waals surface area contributed by atoms with E-state index in [0.29, 0.717) is 32.5 Å². The Morgan fingerprint density at radius 1 is 1.17 bits per heavy atom. The topological polar surface area (TPSA) is 72.3 Å². The van der Waals surface area contributed by atoms with Crippen LogP contribution in [-0.2, 0) is 29.4 Å². The Kier molecular flexibility index (Phi) is 4.82. The Morgan fingerprint density at radius 3 is 2.67 bits per heavy atom. The van der Waals surface area contributed by atoms with Crippen LogP contribution in [0, 0.1) is 0 Å². The van der Waals surface area contributed by atoms with Gasteiger partial charge in [-0.3, -0.25) is 9.78 Å². The first kappa shape index (κ1) is 16.9. The van der Waals surface area contributed by atoms with Crippen molar-refractivity contribution in [2.24, 2.45) is 0 Å². The van der Waals surface area contributed by atoms with Crippen LogP contribution in [0.4, 0.5) is 0 Å². The molecule has 2 aromatic rings. The molecule has 0 aromatic carbocycles. The predicted octanol–water partition coefficient (Wildman–Crippen LogP) is 1.04. The molecule has 0 unspecified atom stereocenters. The van der Waals surface area contributed by atoms with E-state index in [1.165, 1.54) is 4.31 Å². The fourth-order valence-corrected chi connectivity index (χ4v) is 4.19. The highest BCUT2D eigenvalue weighted by Gasteiger charge is 2.24. The van der Waals surface area contributed by atoms with E-state index >= 15 is 0 Å². The van der Waals surface area contributed by atoms with E-state index < -0.39 is 10.0 Å². The average Bonchev–Trinajstić information content (AvgIpc) is 2.81. The van der Waals surface area contributed by atoms with Gasteiger partial charge in [0.2, 0.25) is 10.0 Å². The Balaban J connectivity index is 1.94. The maximum absolute atomic E-state index is 12.4. The van der Waals surface area contributed by atoms with E-state index in [1.807, 2.05) is 18.2 Å². The summed E-state index contributed by atoms with van der Waals surface area (Å²) < 4.78 is 27.6. The van der Waals surface area contributed by atoms with Gasteiger partial charge in [0.1, 0.15) is 0 Å². The van der Waals surface area contributed by atoms with E-state index in [-0.39, 0.29) is 11.3 Å². The highest BCUT2D eigenvalue weighted by atomic mass is 32.2. The number of aromatic nitrogens is 2. The number of hydrogen-bond acceptors (Lipinski definition) is 4. The van der Waals surface area contributed by atoms with Crippen molar-refractivity contribution in [2.45, 2.75) is 26.3 Å². The molecule has 0 saturated carbocycles. The first-order valence-corrected chi connectivity index (χ1v) is 9.70. The number of sulfonamides is 1. The highest BCUT2D eigenvalue weighted by Crippen LogP contribution is 2.17. The van der Waals surface area contributed by atoms with Gasteiger partial charge >= 0.3 is 0 Å². The molecule has 0 amide bonds. The zero-order chi connectivity index (χ0) is 17.2. The summed E-state index contributed by atoms with van der Waals surface area (Å²) in [5.41, 5.74) is 2.87. The molecule has 128 valence electrons. The first-order valence-electron chi connectivity index (χ1n) is 8.09. The fourth-order valence-electron chi connectivity index (χ4n) is 3.08. The van der Waals surface area contributed by atoms with Crippen LogP contribution in [-0.4, -0.2) is 41.1 Å². The second kappa shape index (κ2) is 6.86. The molecular weight excluding hydrogens is 326 g/mol. The lowest BCUT2D eigenvalue weighted by Gasteiger charge is -2.18. The van der Waals surface area contributed by atoms with Crippen molar-refractivity contribution in [3.05, 3.63) is 63.8 Å². The van der Waals surface area contributed by atoms with Gasteiger partial charge in [0.05, 0.1) is 12.3 Å². The Morgan fingerprint density at radius 2 is 1.96 bits per heavy atom. The van der Waals surface area contributed by atoms with Crippen molar-refractivity contribution in [1.29, 1.82) is 0 Å². The van der Waals surface area contributed by atoms with Crippen molar-refractivity contribution in [3.63, 3.8) is 0 Å². The molecular formula is C17H21N3O3S. The molecule has 7 heteroatoms. The molecule has 0 spiro atoms. The third-order valence-electron chi connectivity index (χ3n) is 4.44. The van der Waals surface area contributed by atoms with E-state index in [4.69, 9.17) is 0 Å². The first-order chi connectivity index (χ1) is 11.5. The normalized spacial score (nSPS) is 15.7. The SMILES string of the molecule is CCS(=O)(=O)N1CCc2ccc(=O)n(Cc3cccnc3)c2CC1. The average molecular weight is 347 g/mol. The van der Waals surface area contributed by atoms with Gasteiger partial charge in [-0.2, -0.15) is 0 Å². The van der Waals surface area contributed by atoms with Crippen LogP contribution >= 0.6 is 0 Å². The van der Waals surface area contributed by atoms with Crippen molar-refractivity contribution in [2.75, 3.05) is 18.8 Å². The van der Waals surface area contributed by atoms with Crippen LogP contribution in [0.3, 0.4) is 0 Å². The summed E-state index contributed by atoms with van der Waals surface area (Å²) in [7, 11) is -3.21. The Hall–Kier alpha value is -1.99. The van der Waals surface area contributed by atoms with Crippen LogP contribution in [0.2, 0.25) is 0 Å². The molecule has 0 atom stereocenters. The van der Waals surface area contributed by atoms with Gasteiger partial charge in [-0.15, -0.1) is 0 Å². The molecule has 1 aliphatic rings. The zero-order valence-corrected chi connectivity index (χ0v) is 14.5. The van der Waals surface area contributed by atoms with Gasteiger partial charge in [-0.25, -0.2) is 12.7 Å². The molecule has 0 fully saturated rings. The maximum atomic E-state index is 12.4. The molecule has 3 rings (SSSR count). The molecule has 0 radical (unpaired) electrons. The Bertz CT molecular complexity index is 876. The van der Waals surface area contributed by atoms with Gasteiger partial charge < -0.3 is 4.57 Å². The van der Waals surface area contributed by atoms with Crippen molar-refractivity contribution < 1.29 is 8.42 Å². The van der Waals surface area contributed by atoms with Crippen LogP contribution < -0.4 is 5.56 Å². The molecule has 0 N–H and O–H groups in total. The number of rotatable bonds is 4. The fraction of sp³-hybridized carbons (Fsp3) is 0.412. The van der Waals surface area contributed by atoms with Crippen LogP contribution in [0.5, 0.6) is 0 Å². The minimum atomic E-state index is -3.21. The number of fused-ring (bicyclic) bond motifs is 1. The quantitative estimate of drug-likeness (QED) is 0.828. The zero-order valence-electron chi connectivity index (χ0n) is 13.7. The second-order valence-corrected chi connectivity index (χ2v) is 8.15. The van der Waals surface area contributed by atoms with Crippen molar-refractivity contribution >= 4 is 10.0 Å². The summed E-state index contributed by atoms with van der Waals surface area (Å²) in [6, 6.07) is 7.18. The minimum absolute atomic E-state index is 0.0654. The van der Waals surface area contributed by atoms with Gasteiger partial charge in [-0.1, -0.05) is 12.1 Å². The number of hydrogen-bond donors (Lipinski definition) is 0. The van der Waals surface area contributed by atoms with Gasteiger partial charge in [0.25, 0.3) is 5.56 Å². The smallest absolute Gasteiger partial charge is 0.251 e. The molecule has 24 heavy (non-hydrogen) atoms. The van der Waals surface area contributed by atoms with Gasteiger partial charge in [-0.05, 0) is 30.5 Å². The lowest BCUT2D eigenvalue weighted by molar-refractivity contribution is 0.426. The van der Waals surface area contributed by atoms with Crippen LogP contribution in [0.15, 0.2) is 41.5 Å². The molecule has 0 bridgehead atoms. The Labute approximate surface area is 141 Å². The number of nitrogens with zero attached hydrogens (tertiary/aromatic N) is 3. The van der Waals surface area contributed by atoms with Crippen LogP contribution in [0.25, 0.3) is 0 Å². The molecule has 3 heterocycles. The third kappa shape index (κ3) is 3.42. The molecule has 6 nitrogen and oxygen atoms in total.